The Balaban J connectivity index is 2.22. The smallest absolute Gasteiger partial charge is 0.259 e. The Kier molecular flexibility index (Phi) is 3.89. The molecule has 1 aromatic heterocycles. The lowest BCUT2D eigenvalue weighted by molar-refractivity contribution is 0.419. The van der Waals surface area contributed by atoms with Gasteiger partial charge in [0.25, 0.3) is 5.89 Å². The van der Waals surface area contributed by atoms with Gasteiger partial charge < -0.3 is 9.84 Å². The molecular formula is C11H12IN3O. The second kappa shape index (κ2) is 5.40. The molecule has 1 aromatic carbocycles. The molecule has 0 aliphatic carbocycles. The largest absolute Gasteiger partial charge is 0.334 e. The third-order valence-electron chi connectivity index (χ3n) is 2.11. The number of hydrogen-bond acceptors (Lipinski definition) is 4. The Bertz CT molecular complexity index is 470. The minimum Gasteiger partial charge on any atom is -0.334 e. The van der Waals surface area contributed by atoms with E-state index in [-0.39, 0.29) is 0 Å². The van der Waals surface area contributed by atoms with Gasteiger partial charge in [-0.2, -0.15) is 4.98 Å². The Morgan fingerprint density at radius 1 is 1.38 bits per heavy atom. The molecule has 0 aliphatic rings. The van der Waals surface area contributed by atoms with Gasteiger partial charge in [-0.15, -0.1) is 0 Å². The standard InChI is InChI=1S/C11H12IN3O/c1-2-13-7-10-14-11(16-15-10)8-5-3-4-6-9(8)12/h3-6,13H,2,7H2,1H3. The lowest BCUT2D eigenvalue weighted by Gasteiger charge is -1.96. The molecule has 0 radical (unpaired) electrons. The van der Waals surface area contributed by atoms with Gasteiger partial charge in [0.2, 0.25) is 0 Å². The van der Waals surface area contributed by atoms with Crippen molar-refractivity contribution in [1.82, 2.24) is 15.5 Å². The summed E-state index contributed by atoms with van der Waals surface area (Å²) in [6.07, 6.45) is 0. The monoisotopic (exact) mass is 329 g/mol. The van der Waals surface area contributed by atoms with E-state index in [1.54, 1.807) is 0 Å². The van der Waals surface area contributed by atoms with Crippen molar-refractivity contribution in [3.05, 3.63) is 33.7 Å². The highest BCUT2D eigenvalue weighted by molar-refractivity contribution is 14.1. The Morgan fingerprint density at radius 2 is 2.19 bits per heavy atom. The van der Waals surface area contributed by atoms with Crippen LogP contribution in [0.25, 0.3) is 11.5 Å². The Morgan fingerprint density at radius 3 is 2.94 bits per heavy atom. The lowest BCUT2D eigenvalue weighted by Crippen LogP contribution is -2.12. The molecule has 0 unspecified atom stereocenters. The molecule has 1 N–H and O–H groups in total. The zero-order chi connectivity index (χ0) is 11.4. The van der Waals surface area contributed by atoms with Crippen LogP contribution in [-0.4, -0.2) is 16.7 Å². The van der Waals surface area contributed by atoms with Crippen LogP contribution in [0.3, 0.4) is 0 Å². The highest BCUT2D eigenvalue weighted by atomic mass is 127. The van der Waals surface area contributed by atoms with Crippen LogP contribution in [0.5, 0.6) is 0 Å². The van der Waals surface area contributed by atoms with E-state index in [0.717, 1.165) is 15.7 Å². The molecule has 0 amide bonds. The van der Waals surface area contributed by atoms with Crippen molar-refractivity contribution in [2.45, 2.75) is 13.5 Å². The molecule has 0 saturated heterocycles. The van der Waals surface area contributed by atoms with Gasteiger partial charge in [-0.05, 0) is 41.3 Å². The second-order valence-electron chi connectivity index (χ2n) is 3.28. The van der Waals surface area contributed by atoms with Crippen LogP contribution in [0.1, 0.15) is 12.7 Å². The predicted molar refractivity (Wildman–Crippen MR) is 69.8 cm³/mol. The van der Waals surface area contributed by atoms with Crippen molar-refractivity contribution in [1.29, 1.82) is 0 Å². The molecule has 0 atom stereocenters. The van der Waals surface area contributed by atoms with Gasteiger partial charge in [-0.25, -0.2) is 0 Å². The van der Waals surface area contributed by atoms with Crippen LogP contribution in [-0.2, 0) is 6.54 Å². The molecule has 0 aliphatic heterocycles. The molecule has 0 saturated carbocycles. The number of aromatic nitrogens is 2. The first-order chi connectivity index (χ1) is 7.81. The molecule has 0 fully saturated rings. The second-order valence-corrected chi connectivity index (χ2v) is 4.44. The zero-order valence-electron chi connectivity index (χ0n) is 8.90. The van der Waals surface area contributed by atoms with Crippen LogP contribution in [0.2, 0.25) is 0 Å². The van der Waals surface area contributed by atoms with Crippen LogP contribution >= 0.6 is 22.6 Å². The van der Waals surface area contributed by atoms with E-state index in [4.69, 9.17) is 4.52 Å². The lowest BCUT2D eigenvalue weighted by atomic mass is 10.2. The van der Waals surface area contributed by atoms with Crippen molar-refractivity contribution in [2.24, 2.45) is 0 Å². The Hall–Kier alpha value is -0.950. The average molecular weight is 329 g/mol. The fraction of sp³-hybridized carbons (Fsp3) is 0.273. The summed E-state index contributed by atoms with van der Waals surface area (Å²) < 4.78 is 6.33. The Labute approximate surface area is 108 Å². The summed E-state index contributed by atoms with van der Waals surface area (Å²) >= 11 is 2.26. The number of rotatable bonds is 4. The fourth-order valence-electron chi connectivity index (χ4n) is 1.31. The molecule has 4 nitrogen and oxygen atoms in total. The van der Waals surface area contributed by atoms with Gasteiger partial charge in [0.1, 0.15) is 0 Å². The number of nitrogens with zero attached hydrogens (tertiary/aromatic N) is 2. The van der Waals surface area contributed by atoms with Gasteiger partial charge in [0.15, 0.2) is 5.82 Å². The van der Waals surface area contributed by atoms with Crippen molar-refractivity contribution in [3.8, 4) is 11.5 Å². The van der Waals surface area contributed by atoms with Gasteiger partial charge in [0.05, 0.1) is 12.1 Å². The maximum absolute atomic E-state index is 5.22. The summed E-state index contributed by atoms with van der Waals surface area (Å²) in [6, 6.07) is 7.95. The first kappa shape index (κ1) is 11.5. The summed E-state index contributed by atoms with van der Waals surface area (Å²) in [7, 11) is 0. The summed E-state index contributed by atoms with van der Waals surface area (Å²) in [6.45, 7) is 3.58. The highest BCUT2D eigenvalue weighted by Gasteiger charge is 2.10. The first-order valence-corrected chi connectivity index (χ1v) is 6.17. The van der Waals surface area contributed by atoms with Gasteiger partial charge in [0, 0.05) is 3.57 Å². The number of nitrogens with one attached hydrogen (secondary N) is 1. The molecule has 2 aromatic rings. The molecule has 2 rings (SSSR count). The maximum Gasteiger partial charge on any atom is 0.259 e. The molecule has 16 heavy (non-hydrogen) atoms. The SMILES string of the molecule is CCNCc1noc(-c2ccccc2I)n1. The molecule has 0 spiro atoms. The van der Waals surface area contributed by atoms with E-state index in [2.05, 4.69) is 38.0 Å². The van der Waals surface area contributed by atoms with Crippen LogP contribution in [0.15, 0.2) is 28.8 Å². The molecule has 5 heteroatoms. The first-order valence-electron chi connectivity index (χ1n) is 5.09. The van der Waals surface area contributed by atoms with Crippen LogP contribution in [0, 0.1) is 3.57 Å². The molecule has 84 valence electrons. The van der Waals surface area contributed by atoms with E-state index < -0.39 is 0 Å². The van der Waals surface area contributed by atoms with Gasteiger partial charge in [-0.3, -0.25) is 0 Å². The minimum absolute atomic E-state index is 0.581. The van der Waals surface area contributed by atoms with Crippen molar-refractivity contribution < 1.29 is 4.52 Å². The molecule has 0 bridgehead atoms. The summed E-state index contributed by atoms with van der Waals surface area (Å²) in [4.78, 5) is 4.33. The van der Waals surface area contributed by atoms with Crippen LogP contribution in [0.4, 0.5) is 0 Å². The summed E-state index contributed by atoms with van der Waals surface area (Å²) in [5, 5.41) is 7.08. The van der Waals surface area contributed by atoms with E-state index in [0.29, 0.717) is 18.3 Å². The summed E-state index contributed by atoms with van der Waals surface area (Å²) in [5.74, 6) is 1.27. The van der Waals surface area contributed by atoms with Gasteiger partial charge >= 0.3 is 0 Å². The molecule has 1 heterocycles. The van der Waals surface area contributed by atoms with E-state index in [1.807, 2.05) is 31.2 Å². The van der Waals surface area contributed by atoms with Gasteiger partial charge in [-0.1, -0.05) is 24.2 Å². The topological polar surface area (TPSA) is 51.0 Å². The third kappa shape index (κ3) is 2.59. The summed E-state index contributed by atoms with van der Waals surface area (Å²) in [5.41, 5.74) is 0.985. The highest BCUT2D eigenvalue weighted by Crippen LogP contribution is 2.22. The third-order valence-corrected chi connectivity index (χ3v) is 3.05. The van der Waals surface area contributed by atoms with E-state index in [9.17, 15) is 0 Å². The van der Waals surface area contributed by atoms with Crippen molar-refractivity contribution >= 4 is 22.6 Å². The van der Waals surface area contributed by atoms with Crippen molar-refractivity contribution in [3.63, 3.8) is 0 Å². The number of benzene rings is 1. The van der Waals surface area contributed by atoms with E-state index in [1.165, 1.54) is 0 Å². The zero-order valence-corrected chi connectivity index (χ0v) is 11.1. The maximum atomic E-state index is 5.22. The average Bonchev–Trinajstić information content (AvgIpc) is 2.75. The fourth-order valence-corrected chi connectivity index (χ4v) is 1.92. The molecular weight excluding hydrogens is 317 g/mol. The van der Waals surface area contributed by atoms with Crippen LogP contribution < -0.4 is 5.32 Å². The normalized spacial score (nSPS) is 10.6. The number of halogens is 1. The quantitative estimate of drug-likeness (QED) is 0.876. The predicted octanol–water partition coefficient (Wildman–Crippen LogP) is 2.45. The van der Waals surface area contributed by atoms with E-state index >= 15 is 0 Å². The minimum atomic E-state index is 0.581. The van der Waals surface area contributed by atoms with Crippen molar-refractivity contribution in [2.75, 3.05) is 6.54 Å². The number of hydrogen-bond donors (Lipinski definition) is 1.